The Labute approximate surface area is 347 Å². The zero-order valence-electron chi connectivity index (χ0n) is 36.0. The number of carbonyl (C=O) groups is 2. The van der Waals surface area contributed by atoms with E-state index >= 15 is 0 Å². The highest BCUT2D eigenvalue weighted by molar-refractivity contribution is 7.47. The summed E-state index contributed by atoms with van der Waals surface area (Å²) in [4.78, 5) is 34.5. The predicted octanol–water partition coefficient (Wildman–Crippen LogP) is 14.1. The number of hydrogen-bond donors (Lipinski definition) is 1. The summed E-state index contributed by atoms with van der Waals surface area (Å²) >= 11 is 0. The zero-order chi connectivity index (χ0) is 41.8. The van der Waals surface area contributed by atoms with E-state index in [0.29, 0.717) is 6.42 Å². The first kappa shape index (κ1) is 54.0. The van der Waals surface area contributed by atoms with Crippen molar-refractivity contribution in [2.45, 2.75) is 174 Å². The van der Waals surface area contributed by atoms with E-state index in [9.17, 15) is 19.0 Å². The molecule has 0 aliphatic carbocycles. The Morgan fingerprint density at radius 3 is 1.25 bits per heavy atom. The van der Waals surface area contributed by atoms with E-state index in [0.717, 1.165) is 136 Å². The van der Waals surface area contributed by atoms with Crippen molar-refractivity contribution in [1.82, 2.24) is 0 Å². The van der Waals surface area contributed by atoms with Crippen molar-refractivity contribution in [2.24, 2.45) is 0 Å². The molecule has 0 saturated carbocycles. The van der Waals surface area contributed by atoms with E-state index in [2.05, 4.69) is 116 Å². The molecular weight excluding hydrogens is 735 g/mol. The smallest absolute Gasteiger partial charge is 0.462 e. The number of allylic oxidation sites excluding steroid dienone is 16. The monoisotopic (exact) mass is 815 g/mol. The van der Waals surface area contributed by atoms with Crippen LogP contribution in [0.15, 0.2) is 97.2 Å². The predicted molar refractivity (Wildman–Crippen MR) is 239 cm³/mol. The summed E-state index contributed by atoms with van der Waals surface area (Å²) in [5, 5.41) is 0. The van der Waals surface area contributed by atoms with Crippen LogP contribution in [0.25, 0.3) is 0 Å². The van der Waals surface area contributed by atoms with E-state index < -0.39 is 32.5 Å². The topological polar surface area (TPSA) is 108 Å². The quantitative estimate of drug-likeness (QED) is 0.0283. The molecule has 0 heterocycles. The third-order valence-corrected chi connectivity index (χ3v) is 9.76. The van der Waals surface area contributed by atoms with Crippen molar-refractivity contribution in [3.63, 3.8) is 0 Å². The van der Waals surface area contributed by atoms with Gasteiger partial charge in [-0.15, -0.1) is 0 Å². The molecule has 8 nitrogen and oxygen atoms in total. The molecule has 0 radical (unpaired) electrons. The highest BCUT2D eigenvalue weighted by atomic mass is 31.2. The fraction of sp³-hybridized carbons (Fsp3) is 0.625. The molecule has 0 aromatic rings. The molecule has 0 saturated heterocycles. The molecule has 1 N–H and O–H groups in total. The summed E-state index contributed by atoms with van der Waals surface area (Å²) in [6.07, 6.45) is 57.4. The second-order valence-electron chi connectivity index (χ2n) is 14.1. The molecule has 0 aromatic heterocycles. The van der Waals surface area contributed by atoms with Crippen LogP contribution in [-0.4, -0.2) is 43.3 Å². The zero-order valence-corrected chi connectivity index (χ0v) is 36.8. The van der Waals surface area contributed by atoms with Gasteiger partial charge in [-0.2, -0.15) is 0 Å². The van der Waals surface area contributed by atoms with E-state index in [-0.39, 0.29) is 19.4 Å². The van der Waals surface area contributed by atoms with Gasteiger partial charge in [-0.25, -0.2) is 4.57 Å². The molecule has 0 bridgehead atoms. The molecule has 0 amide bonds. The van der Waals surface area contributed by atoms with Crippen LogP contribution in [0.3, 0.4) is 0 Å². The molecule has 2 unspecified atom stereocenters. The number of unbranched alkanes of at least 4 members (excludes halogenated alkanes) is 12. The number of carbonyl (C=O) groups excluding carboxylic acids is 2. The maximum Gasteiger partial charge on any atom is 0.472 e. The first-order chi connectivity index (χ1) is 27.8. The SMILES string of the molecule is CC/C=C\C/C=C\C/C=C\C/C=C\CCCCCCCCC(=O)OCC(COP(=O)(O)OC)OC(=O)CCCCCCCC/C=C\C/C=C\C/C=C\C/C=C\CC. The molecule has 0 rings (SSSR count). The second-order valence-corrected chi connectivity index (χ2v) is 15.6. The van der Waals surface area contributed by atoms with Crippen LogP contribution in [0.1, 0.15) is 168 Å². The Morgan fingerprint density at radius 2 is 0.842 bits per heavy atom. The summed E-state index contributed by atoms with van der Waals surface area (Å²) in [7, 11) is -3.22. The van der Waals surface area contributed by atoms with Crippen LogP contribution in [0.4, 0.5) is 0 Å². The van der Waals surface area contributed by atoms with Gasteiger partial charge in [-0.1, -0.05) is 162 Å². The third kappa shape index (κ3) is 42.4. The largest absolute Gasteiger partial charge is 0.472 e. The lowest BCUT2D eigenvalue weighted by Gasteiger charge is -2.19. The molecule has 0 aromatic carbocycles. The van der Waals surface area contributed by atoms with Crippen molar-refractivity contribution in [3.05, 3.63) is 97.2 Å². The molecule has 2 atom stereocenters. The van der Waals surface area contributed by atoms with Crippen molar-refractivity contribution < 1.29 is 37.6 Å². The summed E-state index contributed by atoms with van der Waals surface area (Å²) in [6.45, 7) is 3.63. The summed E-state index contributed by atoms with van der Waals surface area (Å²) < 4.78 is 32.0. The molecule has 9 heteroatoms. The van der Waals surface area contributed by atoms with Crippen molar-refractivity contribution in [2.75, 3.05) is 20.3 Å². The Balaban J connectivity index is 4.07. The fourth-order valence-corrected chi connectivity index (χ4v) is 5.98. The van der Waals surface area contributed by atoms with Crippen LogP contribution in [0.2, 0.25) is 0 Å². The minimum Gasteiger partial charge on any atom is -0.462 e. The molecule has 0 aliphatic heterocycles. The average molecular weight is 815 g/mol. The van der Waals surface area contributed by atoms with Crippen LogP contribution in [0, 0.1) is 0 Å². The van der Waals surface area contributed by atoms with Crippen LogP contribution in [0.5, 0.6) is 0 Å². The highest BCUT2D eigenvalue weighted by Gasteiger charge is 2.24. The molecule has 324 valence electrons. The molecule has 0 fully saturated rings. The number of esters is 2. The summed E-state index contributed by atoms with van der Waals surface area (Å²) in [5.41, 5.74) is 0. The first-order valence-corrected chi connectivity index (χ1v) is 23.4. The van der Waals surface area contributed by atoms with Crippen LogP contribution in [-0.2, 0) is 32.7 Å². The van der Waals surface area contributed by atoms with Crippen molar-refractivity contribution in [3.8, 4) is 0 Å². The number of phosphoric ester groups is 1. The normalized spacial score (nSPS) is 14.2. The Bertz CT molecular complexity index is 1240. The van der Waals surface area contributed by atoms with Crippen molar-refractivity contribution >= 4 is 19.8 Å². The lowest BCUT2D eigenvalue weighted by atomic mass is 10.1. The van der Waals surface area contributed by atoms with Gasteiger partial charge >= 0.3 is 19.8 Å². The van der Waals surface area contributed by atoms with E-state index in [1.165, 1.54) is 6.42 Å². The second kappa shape index (κ2) is 42.6. The fourth-order valence-electron chi connectivity index (χ4n) is 5.52. The molecule has 0 spiro atoms. The standard InChI is InChI=1S/C48H79O8P/c1-4-6-8-10-12-14-16-18-20-22-24-26-28-30-32-34-36-38-40-42-47(49)54-44-46(45-55-57(51,52)53-3)56-48(50)43-41-39-37-35-33-31-29-27-25-23-21-19-17-15-13-11-9-7-5-2/h6-9,12-15,18-21,24-27,46H,4-5,10-11,16-17,22-23,28-45H2,1-3H3,(H,51,52)/b8-6-,9-7-,14-12-,15-13-,20-18-,21-19-,26-24-,27-25-. The maximum atomic E-state index is 12.5. The number of ether oxygens (including phenoxy) is 2. The number of phosphoric acid groups is 1. The number of rotatable bonds is 39. The average Bonchev–Trinajstić information content (AvgIpc) is 3.20. The Hall–Kier alpha value is -3.03. The highest BCUT2D eigenvalue weighted by Crippen LogP contribution is 2.42. The lowest BCUT2D eigenvalue weighted by molar-refractivity contribution is -0.161. The van der Waals surface area contributed by atoms with Gasteiger partial charge in [0.15, 0.2) is 6.10 Å². The van der Waals surface area contributed by atoms with Gasteiger partial charge in [0.2, 0.25) is 0 Å². The first-order valence-electron chi connectivity index (χ1n) is 21.9. The summed E-state index contributed by atoms with van der Waals surface area (Å²) in [6, 6.07) is 0. The van der Waals surface area contributed by atoms with Gasteiger partial charge in [0.05, 0.1) is 6.61 Å². The molecular formula is C48H79O8P. The van der Waals surface area contributed by atoms with Gasteiger partial charge in [0.1, 0.15) is 6.61 Å². The van der Waals surface area contributed by atoms with E-state index in [1.54, 1.807) is 0 Å². The van der Waals surface area contributed by atoms with E-state index in [1.807, 2.05) is 0 Å². The van der Waals surface area contributed by atoms with Gasteiger partial charge < -0.3 is 14.4 Å². The molecule has 57 heavy (non-hydrogen) atoms. The summed E-state index contributed by atoms with van der Waals surface area (Å²) in [5.74, 6) is -0.845. The van der Waals surface area contributed by atoms with Gasteiger partial charge in [0, 0.05) is 20.0 Å². The van der Waals surface area contributed by atoms with E-state index in [4.69, 9.17) is 14.0 Å². The van der Waals surface area contributed by atoms with Crippen LogP contribution >= 0.6 is 7.82 Å². The van der Waals surface area contributed by atoms with Crippen LogP contribution < -0.4 is 0 Å². The Morgan fingerprint density at radius 1 is 0.491 bits per heavy atom. The minimum atomic E-state index is -4.28. The minimum absolute atomic E-state index is 0.219. The van der Waals surface area contributed by atoms with Gasteiger partial charge in [0.25, 0.3) is 0 Å². The van der Waals surface area contributed by atoms with Crippen molar-refractivity contribution in [1.29, 1.82) is 0 Å². The number of hydrogen-bond acceptors (Lipinski definition) is 7. The lowest BCUT2D eigenvalue weighted by Crippen LogP contribution is -2.29. The van der Waals surface area contributed by atoms with Gasteiger partial charge in [-0.05, 0) is 89.9 Å². The Kier molecular flexibility index (Phi) is 40.3. The molecule has 0 aliphatic rings. The maximum absolute atomic E-state index is 12.5. The third-order valence-electron chi connectivity index (χ3n) is 8.82. The van der Waals surface area contributed by atoms with Gasteiger partial charge in [-0.3, -0.25) is 18.6 Å².